The fraction of sp³-hybridized carbons (Fsp3) is 1.00. The number of hydrogen-bond acceptors (Lipinski definition) is 0. The molecule has 2 aliphatic rings. The Morgan fingerprint density at radius 3 is 2.50 bits per heavy atom. The van der Waals surface area contributed by atoms with E-state index >= 15 is 0 Å². The molecule has 82 valence electrons. The van der Waals surface area contributed by atoms with Crippen molar-refractivity contribution >= 4 is 11.6 Å². The van der Waals surface area contributed by atoms with Gasteiger partial charge in [-0.25, -0.2) is 0 Å². The van der Waals surface area contributed by atoms with Gasteiger partial charge in [0.25, 0.3) is 0 Å². The predicted molar refractivity (Wildman–Crippen MR) is 62.7 cm³/mol. The summed E-state index contributed by atoms with van der Waals surface area (Å²) in [5.74, 6) is 2.78. The Balaban J connectivity index is 1.82. The zero-order valence-electron chi connectivity index (χ0n) is 9.34. The van der Waals surface area contributed by atoms with Gasteiger partial charge >= 0.3 is 0 Å². The van der Waals surface area contributed by atoms with Crippen LogP contribution in [0.4, 0.5) is 0 Å². The molecule has 0 radical (unpaired) electrons. The van der Waals surface area contributed by atoms with Crippen molar-refractivity contribution < 1.29 is 0 Å². The first-order valence-corrected chi connectivity index (χ1v) is 6.83. The number of rotatable bonds is 2. The number of hydrogen-bond donors (Lipinski definition) is 0. The van der Waals surface area contributed by atoms with Gasteiger partial charge in [0.05, 0.1) is 0 Å². The van der Waals surface area contributed by atoms with Crippen LogP contribution in [0.3, 0.4) is 0 Å². The van der Waals surface area contributed by atoms with Crippen LogP contribution >= 0.6 is 11.6 Å². The number of alkyl halides is 1. The van der Waals surface area contributed by atoms with Crippen LogP contribution in [0.1, 0.15) is 58.3 Å². The summed E-state index contributed by atoms with van der Waals surface area (Å²) in [6.45, 7) is 2.39. The molecule has 1 heteroatoms. The molecule has 0 amide bonds. The molecule has 0 aromatic rings. The molecular weight excluding hydrogens is 192 g/mol. The Morgan fingerprint density at radius 2 is 1.79 bits per heavy atom. The third-order valence-corrected chi connectivity index (χ3v) is 4.84. The smallest absolute Gasteiger partial charge is 0.0364 e. The number of halogens is 1. The van der Waals surface area contributed by atoms with Gasteiger partial charge in [-0.15, -0.1) is 11.6 Å². The topological polar surface area (TPSA) is 0 Å². The van der Waals surface area contributed by atoms with Crippen molar-refractivity contribution in [2.45, 2.75) is 63.7 Å². The Bertz CT molecular complexity index is 172. The van der Waals surface area contributed by atoms with E-state index in [-0.39, 0.29) is 0 Å². The third-order valence-electron chi connectivity index (χ3n) is 4.26. The lowest BCUT2D eigenvalue weighted by Crippen LogP contribution is -2.25. The minimum absolute atomic E-state index is 0.492. The van der Waals surface area contributed by atoms with Gasteiger partial charge in [-0.05, 0) is 43.4 Å². The maximum absolute atomic E-state index is 6.43. The average molecular weight is 215 g/mol. The van der Waals surface area contributed by atoms with Crippen molar-refractivity contribution in [1.82, 2.24) is 0 Å². The lowest BCUT2D eigenvalue weighted by molar-refractivity contribution is 0.244. The van der Waals surface area contributed by atoms with Gasteiger partial charge < -0.3 is 0 Å². The van der Waals surface area contributed by atoms with E-state index in [2.05, 4.69) is 6.92 Å². The monoisotopic (exact) mass is 214 g/mol. The largest absolute Gasteiger partial charge is 0.123 e. The van der Waals surface area contributed by atoms with E-state index < -0.39 is 0 Å². The molecule has 2 fully saturated rings. The molecule has 0 aromatic carbocycles. The van der Waals surface area contributed by atoms with Crippen LogP contribution in [-0.4, -0.2) is 5.38 Å². The molecule has 14 heavy (non-hydrogen) atoms. The highest BCUT2D eigenvalue weighted by Gasteiger charge is 2.29. The summed E-state index contributed by atoms with van der Waals surface area (Å²) >= 11 is 6.43. The average Bonchev–Trinajstić information content (AvgIpc) is 2.64. The summed E-state index contributed by atoms with van der Waals surface area (Å²) in [6, 6.07) is 0. The van der Waals surface area contributed by atoms with Crippen LogP contribution in [0.25, 0.3) is 0 Å². The lowest BCUT2D eigenvalue weighted by atomic mass is 9.77. The zero-order chi connectivity index (χ0) is 9.97. The maximum Gasteiger partial charge on any atom is 0.0364 e. The van der Waals surface area contributed by atoms with E-state index in [0.717, 1.165) is 17.8 Å². The van der Waals surface area contributed by atoms with Gasteiger partial charge in [0.15, 0.2) is 0 Å². The minimum atomic E-state index is 0.492. The summed E-state index contributed by atoms with van der Waals surface area (Å²) in [6.07, 6.45) is 11.3. The molecule has 0 nitrogen and oxygen atoms in total. The normalized spacial score (nSPS) is 40.3. The zero-order valence-corrected chi connectivity index (χ0v) is 10.1. The Hall–Kier alpha value is 0.290. The van der Waals surface area contributed by atoms with Crippen molar-refractivity contribution in [2.24, 2.45) is 17.8 Å². The molecule has 3 atom stereocenters. The quantitative estimate of drug-likeness (QED) is 0.589. The van der Waals surface area contributed by atoms with Crippen LogP contribution in [0.2, 0.25) is 0 Å². The van der Waals surface area contributed by atoms with E-state index in [0.29, 0.717) is 5.38 Å². The van der Waals surface area contributed by atoms with Gasteiger partial charge in [-0.1, -0.05) is 32.6 Å². The molecule has 0 aromatic heterocycles. The lowest BCUT2D eigenvalue weighted by Gasteiger charge is -2.32. The van der Waals surface area contributed by atoms with Crippen molar-refractivity contribution in [3.8, 4) is 0 Å². The SMILES string of the molecule is CC1CCC(Cl)C(CC2CCCC2)C1. The second-order valence-electron chi connectivity index (χ2n) is 5.58. The molecular formula is C13H23Cl. The molecule has 0 N–H and O–H groups in total. The van der Waals surface area contributed by atoms with Crippen LogP contribution < -0.4 is 0 Å². The summed E-state index contributed by atoms with van der Waals surface area (Å²) in [5.41, 5.74) is 0. The van der Waals surface area contributed by atoms with Crippen LogP contribution in [0, 0.1) is 17.8 Å². The van der Waals surface area contributed by atoms with Gasteiger partial charge in [-0.3, -0.25) is 0 Å². The van der Waals surface area contributed by atoms with E-state index in [4.69, 9.17) is 11.6 Å². The highest BCUT2D eigenvalue weighted by Crippen LogP contribution is 2.39. The van der Waals surface area contributed by atoms with E-state index in [1.807, 2.05) is 0 Å². The van der Waals surface area contributed by atoms with Gasteiger partial charge in [-0.2, -0.15) is 0 Å². The predicted octanol–water partition coefficient (Wildman–Crippen LogP) is 4.61. The summed E-state index contributed by atoms with van der Waals surface area (Å²) in [7, 11) is 0. The van der Waals surface area contributed by atoms with Crippen molar-refractivity contribution in [3.63, 3.8) is 0 Å². The Labute approximate surface area is 93.4 Å². The van der Waals surface area contributed by atoms with Crippen molar-refractivity contribution in [1.29, 1.82) is 0 Å². The highest BCUT2D eigenvalue weighted by molar-refractivity contribution is 6.20. The van der Waals surface area contributed by atoms with Crippen molar-refractivity contribution in [3.05, 3.63) is 0 Å². The summed E-state index contributed by atoms with van der Waals surface area (Å²) in [4.78, 5) is 0. The molecule has 0 heterocycles. The standard InChI is InChI=1S/C13H23Cl/c1-10-6-7-13(14)12(8-10)9-11-4-2-3-5-11/h10-13H,2-9H2,1H3. The molecule has 2 rings (SSSR count). The van der Waals surface area contributed by atoms with Crippen molar-refractivity contribution in [2.75, 3.05) is 0 Å². The second kappa shape index (κ2) is 4.88. The summed E-state index contributed by atoms with van der Waals surface area (Å²) < 4.78 is 0. The fourth-order valence-corrected chi connectivity index (χ4v) is 3.71. The second-order valence-corrected chi connectivity index (χ2v) is 6.14. The molecule has 0 spiro atoms. The van der Waals surface area contributed by atoms with E-state index in [1.165, 1.54) is 51.4 Å². The van der Waals surface area contributed by atoms with E-state index in [9.17, 15) is 0 Å². The molecule has 0 aliphatic heterocycles. The summed E-state index contributed by atoms with van der Waals surface area (Å²) in [5, 5.41) is 0.492. The molecule has 2 aliphatic carbocycles. The molecule has 2 saturated carbocycles. The first-order chi connectivity index (χ1) is 6.75. The van der Waals surface area contributed by atoms with E-state index in [1.54, 1.807) is 0 Å². The first-order valence-electron chi connectivity index (χ1n) is 6.39. The third kappa shape index (κ3) is 2.66. The van der Waals surface area contributed by atoms with Crippen LogP contribution in [0.5, 0.6) is 0 Å². The molecule has 3 unspecified atom stereocenters. The Morgan fingerprint density at radius 1 is 1.07 bits per heavy atom. The van der Waals surface area contributed by atoms with Gasteiger partial charge in [0.1, 0.15) is 0 Å². The van der Waals surface area contributed by atoms with Crippen LogP contribution in [-0.2, 0) is 0 Å². The highest BCUT2D eigenvalue weighted by atomic mass is 35.5. The van der Waals surface area contributed by atoms with Crippen LogP contribution in [0.15, 0.2) is 0 Å². The Kier molecular flexibility index (Phi) is 3.76. The van der Waals surface area contributed by atoms with Gasteiger partial charge in [0.2, 0.25) is 0 Å². The molecule has 0 bridgehead atoms. The molecule has 0 saturated heterocycles. The first kappa shape index (κ1) is 10.8. The maximum atomic E-state index is 6.43. The van der Waals surface area contributed by atoms with Gasteiger partial charge in [0, 0.05) is 5.38 Å². The fourth-order valence-electron chi connectivity index (χ4n) is 3.38. The minimum Gasteiger partial charge on any atom is -0.123 e.